The van der Waals surface area contributed by atoms with Gasteiger partial charge in [0.05, 0.1) is 5.92 Å². The van der Waals surface area contributed by atoms with Crippen LogP contribution >= 0.6 is 0 Å². The summed E-state index contributed by atoms with van der Waals surface area (Å²) in [6, 6.07) is 10.8. The maximum atomic E-state index is 5.93. The highest BCUT2D eigenvalue weighted by Crippen LogP contribution is 2.50. The fourth-order valence-corrected chi connectivity index (χ4v) is 5.18. The van der Waals surface area contributed by atoms with E-state index >= 15 is 0 Å². The van der Waals surface area contributed by atoms with Gasteiger partial charge in [0.2, 0.25) is 11.8 Å². The summed E-state index contributed by atoms with van der Waals surface area (Å²) in [5, 5.41) is 8.57. The minimum atomic E-state index is 0.286. The quantitative estimate of drug-likeness (QED) is 0.811. The molecule has 0 amide bonds. The van der Waals surface area contributed by atoms with Gasteiger partial charge in [-0.25, -0.2) is 0 Å². The third kappa shape index (κ3) is 3.67. The SMILES string of the molecule is Cc1nnc(C2CN(Cc3ccccc3)CC23CCN(CC2CC2)CC3)o1. The topological polar surface area (TPSA) is 45.4 Å². The van der Waals surface area contributed by atoms with Crippen molar-refractivity contribution in [3.8, 4) is 0 Å². The molecule has 5 nitrogen and oxygen atoms in total. The van der Waals surface area contributed by atoms with E-state index in [4.69, 9.17) is 4.42 Å². The first-order valence-corrected chi connectivity index (χ1v) is 10.5. The number of benzene rings is 1. The zero-order valence-electron chi connectivity index (χ0n) is 16.3. The molecular formula is C22H30N4O. The zero-order valence-corrected chi connectivity index (χ0v) is 16.3. The average molecular weight is 367 g/mol. The van der Waals surface area contributed by atoms with Crippen molar-refractivity contribution < 1.29 is 4.42 Å². The average Bonchev–Trinajstić information content (AvgIpc) is 3.29. The van der Waals surface area contributed by atoms with Crippen molar-refractivity contribution in [3.63, 3.8) is 0 Å². The first kappa shape index (κ1) is 17.4. The summed E-state index contributed by atoms with van der Waals surface area (Å²) >= 11 is 0. The Balaban J connectivity index is 1.34. The van der Waals surface area contributed by atoms with Crippen molar-refractivity contribution in [1.82, 2.24) is 20.0 Å². The molecule has 144 valence electrons. The second-order valence-electron chi connectivity index (χ2n) is 8.97. The molecule has 0 radical (unpaired) electrons. The zero-order chi connectivity index (χ0) is 18.3. The highest BCUT2D eigenvalue weighted by atomic mass is 16.4. The molecule has 1 saturated carbocycles. The molecule has 3 heterocycles. The van der Waals surface area contributed by atoms with Crippen molar-refractivity contribution in [1.29, 1.82) is 0 Å². The molecule has 1 aromatic carbocycles. The van der Waals surface area contributed by atoms with Crippen LogP contribution in [0.1, 0.15) is 48.9 Å². The Morgan fingerprint density at radius 1 is 1.07 bits per heavy atom. The van der Waals surface area contributed by atoms with Crippen LogP contribution in [0.3, 0.4) is 0 Å². The summed E-state index contributed by atoms with van der Waals surface area (Å²) in [7, 11) is 0. The lowest BCUT2D eigenvalue weighted by molar-refractivity contribution is 0.0866. The molecule has 2 saturated heterocycles. The van der Waals surface area contributed by atoms with E-state index in [0.717, 1.165) is 31.4 Å². The molecule has 27 heavy (non-hydrogen) atoms. The predicted molar refractivity (Wildman–Crippen MR) is 104 cm³/mol. The highest BCUT2D eigenvalue weighted by molar-refractivity contribution is 5.17. The molecule has 1 atom stereocenters. The maximum absolute atomic E-state index is 5.93. The van der Waals surface area contributed by atoms with Crippen LogP contribution in [-0.4, -0.2) is 52.7 Å². The Bertz CT molecular complexity index is 762. The van der Waals surface area contributed by atoms with Crippen molar-refractivity contribution >= 4 is 0 Å². The summed E-state index contributed by atoms with van der Waals surface area (Å²) in [5.74, 6) is 2.89. The van der Waals surface area contributed by atoms with E-state index < -0.39 is 0 Å². The fourth-order valence-electron chi connectivity index (χ4n) is 5.18. The van der Waals surface area contributed by atoms with Crippen LogP contribution in [0.2, 0.25) is 0 Å². The lowest BCUT2D eigenvalue weighted by Crippen LogP contribution is -2.44. The number of nitrogens with zero attached hydrogens (tertiary/aromatic N) is 4. The van der Waals surface area contributed by atoms with Crippen LogP contribution in [0.15, 0.2) is 34.7 Å². The molecule has 1 aliphatic carbocycles. The second-order valence-corrected chi connectivity index (χ2v) is 8.97. The van der Waals surface area contributed by atoms with Gasteiger partial charge in [-0.15, -0.1) is 10.2 Å². The number of hydrogen-bond acceptors (Lipinski definition) is 5. The maximum Gasteiger partial charge on any atom is 0.221 e. The summed E-state index contributed by atoms with van der Waals surface area (Å²) in [6.07, 6.45) is 5.38. The molecule has 1 unspecified atom stereocenters. The third-order valence-electron chi connectivity index (χ3n) is 6.87. The first-order chi connectivity index (χ1) is 13.2. The van der Waals surface area contributed by atoms with E-state index in [1.54, 1.807) is 0 Å². The summed E-state index contributed by atoms with van der Waals surface area (Å²) in [5.41, 5.74) is 1.68. The lowest BCUT2D eigenvalue weighted by Gasteiger charge is -2.42. The standard InChI is InChI=1S/C22H30N4O/c1-17-23-24-21(27-17)20-15-26(14-18-5-3-2-4-6-18)16-22(20)9-11-25(12-10-22)13-19-7-8-19/h2-6,19-20H,7-16H2,1H3. The number of aromatic nitrogens is 2. The van der Waals surface area contributed by atoms with Crippen LogP contribution in [0, 0.1) is 18.3 Å². The fraction of sp³-hybridized carbons (Fsp3) is 0.636. The van der Waals surface area contributed by atoms with Gasteiger partial charge >= 0.3 is 0 Å². The second kappa shape index (κ2) is 7.02. The van der Waals surface area contributed by atoms with Gasteiger partial charge in [-0.2, -0.15) is 0 Å². The van der Waals surface area contributed by atoms with Crippen LogP contribution < -0.4 is 0 Å². The van der Waals surface area contributed by atoms with Crippen molar-refractivity contribution in [2.45, 2.75) is 45.1 Å². The van der Waals surface area contributed by atoms with Gasteiger partial charge in [-0.3, -0.25) is 4.90 Å². The normalized spacial score (nSPS) is 26.0. The van der Waals surface area contributed by atoms with E-state index in [1.807, 2.05) is 6.92 Å². The number of piperidine rings is 1. The molecule has 5 heteroatoms. The van der Waals surface area contributed by atoms with Crippen LogP contribution in [0.4, 0.5) is 0 Å². The van der Waals surface area contributed by atoms with Gasteiger partial charge in [0.25, 0.3) is 0 Å². The minimum Gasteiger partial charge on any atom is -0.425 e. The Labute approximate surface area is 161 Å². The number of aryl methyl sites for hydroxylation is 1. The summed E-state index contributed by atoms with van der Waals surface area (Å²) in [4.78, 5) is 5.30. The van der Waals surface area contributed by atoms with Gasteiger partial charge in [0, 0.05) is 33.1 Å². The number of hydrogen-bond donors (Lipinski definition) is 0. The van der Waals surface area contributed by atoms with Crippen LogP contribution in [0.25, 0.3) is 0 Å². The highest BCUT2D eigenvalue weighted by Gasteiger charge is 2.50. The van der Waals surface area contributed by atoms with Gasteiger partial charge < -0.3 is 9.32 Å². The summed E-state index contributed by atoms with van der Waals surface area (Å²) in [6.45, 7) is 8.84. The molecule has 5 rings (SSSR count). The Morgan fingerprint density at radius 2 is 1.85 bits per heavy atom. The molecule has 2 aliphatic heterocycles. The van der Waals surface area contributed by atoms with E-state index in [0.29, 0.717) is 11.8 Å². The van der Waals surface area contributed by atoms with Crippen molar-refractivity contribution in [2.75, 3.05) is 32.7 Å². The van der Waals surface area contributed by atoms with E-state index in [-0.39, 0.29) is 5.41 Å². The predicted octanol–water partition coefficient (Wildman–Crippen LogP) is 3.47. The Hall–Kier alpha value is -1.72. The lowest BCUT2D eigenvalue weighted by atomic mass is 9.70. The van der Waals surface area contributed by atoms with Gasteiger partial charge in [-0.1, -0.05) is 30.3 Å². The largest absolute Gasteiger partial charge is 0.425 e. The van der Waals surface area contributed by atoms with E-state index in [9.17, 15) is 0 Å². The van der Waals surface area contributed by atoms with Crippen LogP contribution in [0.5, 0.6) is 0 Å². The number of rotatable bonds is 5. The molecule has 1 aromatic heterocycles. The smallest absolute Gasteiger partial charge is 0.221 e. The molecular weight excluding hydrogens is 336 g/mol. The third-order valence-corrected chi connectivity index (χ3v) is 6.87. The molecule has 3 fully saturated rings. The van der Waals surface area contributed by atoms with Gasteiger partial charge in [0.15, 0.2) is 0 Å². The van der Waals surface area contributed by atoms with Crippen molar-refractivity contribution in [3.05, 3.63) is 47.7 Å². The van der Waals surface area contributed by atoms with E-state index in [2.05, 4.69) is 50.3 Å². The summed E-state index contributed by atoms with van der Waals surface area (Å²) < 4.78 is 5.93. The van der Waals surface area contributed by atoms with Gasteiger partial charge in [0.1, 0.15) is 0 Å². The van der Waals surface area contributed by atoms with E-state index in [1.165, 1.54) is 50.9 Å². The minimum absolute atomic E-state index is 0.286. The van der Waals surface area contributed by atoms with Crippen LogP contribution in [-0.2, 0) is 6.54 Å². The van der Waals surface area contributed by atoms with Gasteiger partial charge in [-0.05, 0) is 55.7 Å². The monoisotopic (exact) mass is 366 g/mol. The molecule has 3 aliphatic rings. The number of likely N-dealkylation sites (tertiary alicyclic amines) is 2. The van der Waals surface area contributed by atoms with Crippen molar-refractivity contribution in [2.24, 2.45) is 11.3 Å². The first-order valence-electron chi connectivity index (χ1n) is 10.5. The molecule has 0 N–H and O–H groups in total. The Kier molecular flexibility index (Phi) is 4.52. The molecule has 0 bridgehead atoms. The molecule has 2 aromatic rings. The molecule has 1 spiro atoms. The Morgan fingerprint density at radius 3 is 2.52 bits per heavy atom.